The first kappa shape index (κ1) is 29.6. The van der Waals surface area contributed by atoms with Gasteiger partial charge in [-0.05, 0) is 19.4 Å². The molecule has 0 amide bonds. The van der Waals surface area contributed by atoms with E-state index in [0.29, 0.717) is 6.42 Å². The molecule has 0 atom stereocenters. The first-order valence-electron chi connectivity index (χ1n) is 4.91. The standard InChI is InChI=1S/C6H10O2.C3H8.C2H6S.2CH4/c1-3-6(8)4-5(2)7;2*1-3-2;;/h3-4H2,1-2H3;3H2,1-2H3;1-2H3;2*1H4. The fourth-order valence-corrected chi connectivity index (χ4v) is 0.403. The molecule has 0 aliphatic carbocycles. The smallest absolute Gasteiger partial charge is 0.139 e. The predicted octanol–water partition coefficient (Wildman–Crippen LogP) is 4.61. The largest absolute Gasteiger partial charge is 0.300 e. The number of ketones is 2. The zero-order chi connectivity index (χ0) is 12.0. The Balaban J connectivity index is -0.0000000434. The van der Waals surface area contributed by atoms with Gasteiger partial charge in [-0.25, -0.2) is 0 Å². The van der Waals surface area contributed by atoms with Crippen molar-refractivity contribution in [2.45, 2.75) is 61.8 Å². The summed E-state index contributed by atoms with van der Waals surface area (Å²) < 4.78 is 0. The molecule has 0 fully saturated rings. The molecular formula is C13H32O2S. The van der Waals surface area contributed by atoms with Crippen LogP contribution in [0.25, 0.3) is 0 Å². The number of rotatable bonds is 3. The van der Waals surface area contributed by atoms with Crippen molar-refractivity contribution in [3.05, 3.63) is 0 Å². The van der Waals surface area contributed by atoms with Crippen molar-refractivity contribution in [2.75, 3.05) is 12.5 Å². The lowest BCUT2D eigenvalue weighted by Gasteiger charge is -1.87. The molecule has 0 aliphatic heterocycles. The van der Waals surface area contributed by atoms with Crippen LogP contribution in [-0.4, -0.2) is 24.1 Å². The van der Waals surface area contributed by atoms with Crippen LogP contribution in [0.15, 0.2) is 0 Å². The van der Waals surface area contributed by atoms with E-state index in [2.05, 4.69) is 13.8 Å². The molecule has 3 heteroatoms. The van der Waals surface area contributed by atoms with Crippen LogP contribution in [0.4, 0.5) is 0 Å². The highest BCUT2D eigenvalue weighted by Crippen LogP contribution is 1.87. The Morgan fingerprint density at radius 3 is 1.31 bits per heavy atom. The summed E-state index contributed by atoms with van der Waals surface area (Å²) in [5.74, 6) is -0.0191. The summed E-state index contributed by atoms with van der Waals surface area (Å²) in [6.45, 7) is 7.43. The fraction of sp³-hybridized carbons (Fsp3) is 0.846. The molecule has 0 spiro atoms. The second-order valence-corrected chi connectivity index (χ2v) is 3.70. The van der Waals surface area contributed by atoms with Crippen LogP contribution in [0.3, 0.4) is 0 Å². The highest BCUT2D eigenvalue weighted by Gasteiger charge is 1.99. The van der Waals surface area contributed by atoms with E-state index in [9.17, 15) is 9.59 Å². The molecule has 0 radical (unpaired) electrons. The van der Waals surface area contributed by atoms with Gasteiger partial charge in [-0.3, -0.25) is 9.59 Å². The Morgan fingerprint density at radius 2 is 1.25 bits per heavy atom. The molecule has 0 aromatic rings. The van der Waals surface area contributed by atoms with Crippen molar-refractivity contribution in [2.24, 2.45) is 0 Å². The van der Waals surface area contributed by atoms with Crippen molar-refractivity contribution < 1.29 is 9.59 Å². The predicted molar refractivity (Wildman–Crippen MR) is 79.5 cm³/mol. The van der Waals surface area contributed by atoms with Crippen molar-refractivity contribution in [3.63, 3.8) is 0 Å². The van der Waals surface area contributed by atoms with Crippen LogP contribution in [-0.2, 0) is 9.59 Å². The van der Waals surface area contributed by atoms with Crippen LogP contribution in [0.2, 0.25) is 0 Å². The Hall–Kier alpha value is -0.310. The van der Waals surface area contributed by atoms with E-state index in [1.165, 1.54) is 13.3 Å². The summed E-state index contributed by atoms with van der Waals surface area (Å²) >= 11 is 1.75. The van der Waals surface area contributed by atoms with E-state index < -0.39 is 0 Å². The lowest BCUT2D eigenvalue weighted by Crippen LogP contribution is -2.01. The number of thioether (sulfide) groups is 1. The van der Waals surface area contributed by atoms with Gasteiger partial charge in [0.2, 0.25) is 0 Å². The summed E-state index contributed by atoms with van der Waals surface area (Å²) in [6, 6.07) is 0. The highest BCUT2D eigenvalue weighted by molar-refractivity contribution is 7.97. The second kappa shape index (κ2) is 29.3. The monoisotopic (exact) mass is 252 g/mol. The Bertz CT molecular complexity index is 132. The molecule has 0 rings (SSSR count). The summed E-state index contributed by atoms with van der Waals surface area (Å²) in [5.41, 5.74) is 0. The first-order valence-corrected chi connectivity index (χ1v) is 6.54. The molecule has 0 aromatic carbocycles. The topological polar surface area (TPSA) is 34.1 Å². The van der Waals surface area contributed by atoms with Crippen molar-refractivity contribution in [1.82, 2.24) is 0 Å². The Kier molecular flexibility index (Phi) is 54.3. The third-order valence-corrected chi connectivity index (χ3v) is 0.840. The number of Topliss-reactive ketones (excluding diaryl/α,β-unsaturated/α-hetero) is 2. The summed E-state index contributed by atoms with van der Waals surface area (Å²) in [5, 5.41) is 0. The Morgan fingerprint density at radius 1 is 1.00 bits per heavy atom. The normalized spacial score (nSPS) is 6.62. The second-order valence-electron chi connectivity index (χ2n) is 2.89. The number of carbonyl (C=O) groups excluding carboxylic acids is 2. The van der Waals surface area contributed by atoms with Crippen LogP contribution in [0.5, 0.6) is 0 Å². The summed E-state index contributed by atoms with van der Waals surface area (Å²) in [6.07, 6.45) is 5.91. The lowest BCUT2D eigenvalue weighted by molar-refractivity contribution is -0.125. The third kappa shape index (κ3) is 68.1. The molecule has 0 heterocycles. The molecule has 2 nitrogen and oxygen atoms in total. The van der Waals surface area contributed by atoms with E-state index in [4.69, 9.17) is 0 Å². The third-order valence-electron chi connectivity index (χ3n) is 0.840. The minimum atomic E-state index is -0.0446. The van der Waals surface area contributed by atoms with E-state index >= 15 is 0 Å². The molecule has 0 aliphatic rings. The van der Waals surface area contributed by atoms with Crippen LogP contribution in [0, 0.1) is 0 Å². The molecule has 0 N–H and O–H groups in total. The maximum absolute atomic E-state index is 10.4. The fourth-order valence-electron chi connectivity index (χ4n) is 0.403. The van der Waals surface area contributed by atoms with Gasteiger partial charge in [-0.1, -0.05) is 42.0 Å². The molecule has 0 unspecified atom stereocenters. The van der Waals surface area contributed by atoms with Gasteiger partial charge in [0.1, 0.15) is 11.6 Å². The first-order chi connectivity index (χ1) is 6.49. The molecule has 0 bridgehead atoms. The minimum absolute atomic E-state index is 0. The molecule has 16 heavy (non-hydrogen) atoms. The van der Waals surface area contributed by atoms with Gasteiger partial charge < -0.3 is 0 Å². The van der Waals surface area contributed by atoms with E-state index in [-0.39, 0.29) is 32.8 Å². The zero-order valence-electron chi connectivity index (χ0n) is 10.3. The van der Waals surface area contributed by atoms with Gasteiger partial charge in [-0.15, -0.1) is 0 Å². The molecular weight excluding hydrogens is 220 g/mol. The van der Waals surface area contributed by atoms with Crippen LogP contribution >= 0.6 is 11.8 Å². The maximum atomic E-state index is 10.4. The van der Waals surface area contributed by atoms with E-state index in [0.717, 1.165) is 0 Å². The van der Waals surface area contributed by atoms with E-state index in [1.54, 1.807) is 18.7 Å². The van der Waals surface area contributed by atoms with Gasteiger partial charge in [-0.2, -0.15) is 11.8 Å². The van der Waals surface area contributed by atoms with Gasteiger partial charge in [0.05, 0.1) is 6.42 Å². The number of carbonyl (C=O) groups is 2. The van der Waals surface area contributed by atoms with Gasteiger partial charge in [0, 0.05) is 6.42 Å². The summed E-state index contributed by atoms with van der Waals surface area (Å²) in [4.78, 5) is 20.6. The highest BCUT2D eigenvalue weighted by atomic mass is 32.2. The SMILES string of the molecule is C.C.CCC.CCC(=O)CC(C)=O.CSC. The van der Waals surface area contributed by atoms with Crippen molar-refractivity contribution in [1.29, 1.82) is 0 Å². The van der Waals surface area contributed by atoms with Gasteiger partial charge >= 0.3 is 0 Å². The number of hydrogen-bond donors (Lipinski definition) is 0. The molecule has 0 saturated carbocycles. The van der Waals surface area contributed by atoms with Crippen LogP contribution in [0.1, 0.15) is 61.8 Å². The van der Waals surface area contributed by atoms with Gasteiger partial charge in [0.25, 0.3) is 0 Å². The van der Waals surface area contributed by atoms with Gasteiger partial charge in [0.15, 0.2) is 0 Å². The lowest BCUT2D eigenvalue weighted by atomic mass is 10.2. The average Bonchev–Trinajstić information content (AvgIpc) is 2.06. The Labute approximate surface area is 108 Å². The number of hydrogen-bond acceptors (Lipinski definition) is 3. The zero-order valence-corrected chi connectivity index (χ0v) is 11.2. The maximum Gasteiger partial charge on any atom is 0.139 e. The molecule has 0 saturated heterocycles. The minimum Gasteiger partial charge on any atom is -0.300 e. The van der Waals surface area contributed by atoms with E-state index in [1.807, 2.05) is 12.5 Å². The van der Waals surface area contributed by atoms with Crippen molar-refractivity contribution >= 4 is 23.3 Å². The molecule has 102 valence electrons. The molecule has 0 aromatic heterocycles. The average molecular weight is 252 g/mol. The quantitative estimate of drug-likeness (QED) is 0.688. The van der Waals surface area contributed by atoms with Crippen LogP contribution < -0.4 is 0 Å². The summed E-state index contributed by atoms with van der Waals surface area (Å²) in [7, 11) is 0. The van der Waals surface area contributed by atoms with Crippen molar-refractivity contribution in [3.8, 4) is 0 Å².